The van der Waals surface area contributed by atoms with E-state index in [1.54, 1.807) is 19.2 Å². The van der Waals surface area contributed by atoms with Gasteiger partial charge in [0.25, 0.3) is 5.91 Å². The molecule has 116 valence electrons. The second kappa shape index (κ2) is 6.66. The Morgan fingerprint density at radius 2 is 1.91 bits per heavy atom. The lowest BCUT2D eigenvalue weighted by molar-refractivity contribution is 0.101. The quantitative estimate of drug-likeness (QED) is 0.738. The summed E-state index contributed by atoms with van der Waals surface area (Å²) in [6.45, 7) is 0. The van der Waals surface area contributed by atoms with Crippen molar-refractivity contribution in [3.05, 3.63) is 64.8 Å². The lowest BCUT2D eigenvalue weighted by Crippen LogP contribution is -2.12. The van der Waals surface area contributed by atoms with Gasteiger partial charge in [0.15, 0.2) is 11.5 Å². The number of aromatic nitrogens is 1. The highest BCUT2D eigenvalue weighted by atomic mass is 79.9. The number of benzene rings is 2. The van der Waals surface area contributed by atoms with Crippen LogP contribution in [0, 0.1) is 0 Å². The predicted molar refractivity (Wildman–Crippen MR) is 90.6 cm³/mol. The van der Waals surface area contributed by atoms with Crippen LogP contribution in [0.3, 0.4) is 0 Å². The third-order valence-corrected chi connectivity index (χ3v) is 3.93. The number of halogens is 1. The van der Waals surface area contributed by atoms with Gasteiger partial charge < -0.3 is 14.6 Å². The van der Waals surface area contributed by atoms with E-state index in [9.17, 15) is 4.79 Å². The zero-order valence-corrected chi connectivity index (χ0v) is 13.8. The van der Waals surface area contributed by atoms with Gasteiger partial charge in [0.1, 0.15) is 5.75 Å². The van der Waals surface area contributed by atoms with Gasteiger partial charge in [0.05, 0.1) is 12.8 Å². The van der Waals surface area contributed by atoms with Crippen LogP contribution in [0.25, 0.3) is 11.3 Å². The molecule has 3 rings (SSSR count). The number of nitrogens with one attached hydrogen (secondary N) is 1. The molecule has 2 aromatic carbocycles. The smallest absolute Gasteiger partial charge is 0.277 e. The minimum atomic E-state index is -0.333. The van der Waals surface area contributed by atoms with Crippen LogP contribution < -0.4 is 10.1 Å². The minimum Gasteiger partial charge on any atom is -0.497 e. The molecule has 0 aliphatic rings. The summed E-state index contributed by atoms with van der Waals surface area (Å²) in [4.78, 5) is 12.2. The molecule has 3 aromatic rings. The number of ether oxygens (including phenoxy) is 1. The summed E-state index contributed by atoms with van der Waals surface area (Å²) >= 11 is 3.38. The van der Waals surface area contributed by atoms with Gasteiger partial charge in [-0.15, -0.1) is 0 Å². The van der Waals surface area contributed by atoms with Gasteiger partial charge >= 0.3 is 0 Å². The zero-order valence-electron chi connectivity index (χ0n) is 12.2. The molecule has 0 unspecified atom stereocenters. The van der Waals surface area contributed by atoms with Crippen molar-refractivity contribution in [1.82, 2.24) is 5.16 Å². The summed E-state index contributed by atoms with van der Waals surface area (Å²) in [5, 5.41) is 6.61. The molecule has 0 saturated heterocycles. The fourth-order valence-corrected chi connectivity index (χ4v) is 2.41. The van der Waals surface area contributed by atoms with Crippen LogP contribution in [-0.4, -0.2) is 18.2 Å². The van der Waals surface area contributed by atoms with Gasteiger partial charge in [0, 0.05) is 16.1 Å². The van der Waals surface area contributed by atoms with Crippen molar-refractivity contribution in [2.24, 2.45) is 0 Å². The van der Waals surface area contributed by atoms with E-state index in [-0.39, 0.29) is 11.6 Å². The van der Waals surface area contributed by atoms with Crippen molar-refractivity contribution < 1.29 is 14.1 Å². The average molecular weight is 373 g/mol. The Labute approximate surface area is 141 Å². The van der Waals surface area contributed by atoms with E-state index >= 15 is 0 Å². The molecule has 1 aromatic heterocycles. The molecule has 0 aliphatic heterocycles. The maximum Gasteiger partial charge on any atom is 0.277 e. The van der Waals surface area contributed by atoms with Gasteiger partial charge in [-0.05, 0) is 52.3 Å². The summed E-state index contributed by atoms with van der Waals surface area (Å²) in [6.07, 6.45) is 0. The molecule has 5 nitrogen and oxygen atoms in total. The number of carbonyl (C=O) groups excluding carboxylic acids is 1. The SMILES string of the molecule is COc1ccc(-c2cc(C(=O)Nc3ccccc3Br)no2)cc1. The molecule has 0 saturated carbocycles. The van der Waals surface area contributed by atoms with E-state index in [1.807, 2.05) is 42.5 Å². The highest BCUT2D eigenvalue weighted by Gasteiger charge is 2.14. The van der Waals surface area contributed by atoms with Crippen molar-refractivity contribution in [2.75, 3.05) is 12.4 Å². The number of hydrogen-bond donors (Lipinski definition) is 1. The number of rotatable bonds is 4. The summed E-state index contributed by atoms with van der Waals surface area (Å²) < 4.78 is 11.2. The molecule has 0 spiro atoms. The molecule has 1 heterocycles. The Bertz CT molecular complexity index is 828. The van der Waals surface area contributed by atoms with Crippen LogP contribution in [0.5, 0.6) is 5.75 Å². The Kier molecular flexibility index (Phi) is 4.43. The van der Waals surface area contributed by atoms with Crippen LogP contribution in [0.4, 0.5) is 5.69 Å². The highest BCUT2D eigenvalue weighted by molar-refractivity contribution is 9.10. The van der Waals surface area contributed by atoms with Crippen LogP contribution in [-0.2, 0) is 0 Å². The maximum absolute atomic E-state index is 12.2. The number of hydrogen-bond acceptors (Lipinski definition) is 4. The van der Waals surface area contributed by atoms with Gasteiger partial charge in [-0.25, -0.2) is 0 Å². The Balaban J connectivity index is 1.78. The minimum absolute atomic E-state index is 0.214. The molecular formula is C17H13BrN2O3. The molecule has 6 heteroatoms. The first-order valence-corrected chi connectivity index (χ1v) is 7.63. The standard InChI is InChI=1S/C17H13BrN2O3/c1-22-12-8-6-11(7-9-12)16-10-15(20-23-16)17(21)19-14-5-3-2-4-13(14)18/h2-10H,1H3,(H,19,21). The Morgan fingerprint density at radius 1 is 1.17 bits per heavy atom. The molecule has 1 N–H and O–H groups in total. The van der Waals surface area contributed by atoms with Crippen LogP contribution in [0.15, 0.2) is 63.6 Å². The summed E-state index contributed by atoms with van der Waals surface area (Å²) in [5.74, 6) is 0.936. The molecule has 0 radical (unpaired) electrons. The number of carbonyl (C=O) groups is 1. The molecule has 0 aliphatic carbocycles. The van der Waals surface area contributed by atoms with E-state index < -0.39 is 0 Å². The third kappa shape index (κ3) is 3.43. The van der Waals surface area contributed by atoms with Crippen molar-refractivity contribution in [1.29, 1.82) is 0 Å². The number of para-hydroxylation sites is 1. The number of amides is 1. The molecule has 23 heavy (non-hydrogen) atoms. The van der Waals surface area contributed by atoms with Crippen molar-refractivity contribution in [2.45, 2.75) is 0 Å². The number of methoxy groups -OCH3 is 1. The first kappa shape index (κ1) is 15.3. The van der Waals surface area contributed by atoms with Gasteiger partial charge in [0.2, 0.25) is 0 Å². The maximum atomic E-state index is 12.2. The van der Waals surface area contributed by atoms with Crippen molar-refractivity contribution >= 4 is 27.5 Å². The van der Waals surface area contributed by atoms with E-state index in [0.717, 1.165) is 15.8 Å². The largest absolute Gasteiger partial charge is 0.497 e. The second-order valence-corrected chi connectivity index (χ2v) is 5.59. The predicted octanol–water partition coefficient (Wildman–Crippen LogP) is 4.37. The summed E-state index contributed by atoms with van der Waals surface area (Å²) in [5.41, 5.74) is 1.70. The molecular weight excluding hydrogens is 360 g/mol. The number of nitrogens with zero attached hydrogens (tertiary/aromatic N) is 1. The third-order valence-electron chi connectivity index (χ3n) is 3.24. The van der Waals surface area contributed by atoms with E-state index in [1.165, 1.54) is 0 Å². The molecule has 1 amide bonds. The van der Waals surface area contributed by atoms with E-state index in [0.29, 0.717) is 11.4 Å². The van der Waals surface area contributed by atoms with Crippen LogP contribution in [0.1, 0.15) is 10.5 Å². The Hall–Kier alpha value is -2.60. The fraction of sp³-hybridized carbons (Fsp3) is 0.0588. The molecule has 0 atom stereocenters. The first-order valence-electron chi connectivity index (χ1n) is 6.84. The Morgan fingerprint density at radius 3 is 2.61 bits per heavy atom. The normalized spacial score (nSPS) is 10.3. The van der Waals surface area contributed by atoms with Crippen LogP contribution >= 0.6 is 15.9 Å². The van der Waals surface area contributed by atoms with Gasteiger partial charge in [-0.3, -0.25) is 4.79 Å². The van der Waals surface area contributed by atoms with E-state index in [2.05, 4.69) is 26.4 Å². The molecule has 0 fully saturated rings. The highest BCUT2D eigenvalue weighted by Crippen LogP contribution is 2.25. The average Bonchev–Trinajstić information content (AvgIpc) is 3.07. The van der Waals surface area contributed by atoms with Gasteiger partial charge in [-0.1, -0.05) is 17.3 Å². The number of anilines is 1. The van der Waals surface area contributed by atoms with Crippen molar-refractivity contribution in [3.63, 3.8) is 0 Å². The lowest BCUT2D eigenvalue weighted by Gasteiger charge is -2.04. The van der Waals surface area contributed by atoms with Crippen LogP contribution in [0.2, 0.25) is 0 Å². The first-order chi connectivity index (χ1) is 11.2. The fourth-order valence-electron chi connectivity index (χ4n) is 2.02. The summed E-state index contributed by atoms with van der Waals surface area (Å²) in [6, 6.07) is 16.3. The summed E-state index contributed by atoms with van der Waals surface area (Å²) in [7, 11) is 1.60. The van der Waals surface area contributed by atoms with Crippen molar-refractivity contribution in [3.8, 4) is 17.1 Å². The molecule has 0 bridgehead atoms. The lowest BCUT2D eigenvalue weighted by atomic mass is 10.1. The monoisotopic (exact) mass is 372 g/mol. The zero-order chi connectivity index (χ0) is 16.2. The van der Waals surface area contributed by atoms with E-state index in [4.69, 9.17) is 9.26 Å². The second-order valence-electron chi connectivity index (χ2n) is 4.74. The van der Waals surface area contributed by atoms with Gasteiger partial charge in [-0.2, -0.15) is 0 Å². The topological polar surface area (TPSA) is 64.4 Å².